The van der Waals surface area contributed by atoms with Gasteiger partial charge in [0.05, 0.1) is 0 Å². The highest BCUT2D eigenvalue weighted by atomic mass is 35.5. The van der Waals surface area contributed by atoms with Crippen LogP contribution in [0.15, 0.2) is 48.5 Å². The zero-order chi connectivity index (χ0) is 20.2. The number of aromatic nitrogens is 2. The third-order valence-electron chi connectivity index (χ3n) is 4.88. The molecule has 0 aliphatic carbocycles. The molecule has 0 unspecified atom stereocenters. The molecule has 0 N–H and O–H groups in total. The topological polar surface area (TPSA) is 49.3 Å². The molecule has 0 radical (unpaired) electrons. The first-order valence-electron chi connectivity index (χ1n) is 9.45. The summed E-state index contributed by atoms with van der Waals surface area (Å²) in [4.78, 5) is 21.6. The zero-order valence-electron chi connectivity index (χ0n) is 15.7. The van der Waals surface area contributed by atoms with Crippen LogP contribution in [0, 0.1) is 0 Å². The molecule has 1 aliphatic rings. The first-order valence-corrected chi connectivity index (χ1v) is 11.0. The molecule has 3 aromatic rings. The van der Waals surface area contributed by atoms with Gasteiger partial charge in [-0.2, -0.15) is 4.37 Å². The molecule has 0 saturated carbocycles. The largest absolute Gasteiger partial charge is 0.345 e. The van der Waals surface area contributed by atoms with Crippen molar-refractivity contribution >= 4 is 45.8 Å². The van der Waals surface area contributed by atoms with Crippen molar-refractivity contribution in [1.29, 1.82) is 0 Å². The van der Waals surface area contributed by atoms with Gasteiger partial charge < -0.3 is 9.80 Å². The highest BCUT2D eigenvalue weighted by Gasteiger charge is 2.22. The maximum absolute atomic E-state index is 12.8. The second kappa shape index (κ2) is 9.11. The first-order chi connectivity index (χ1) is 14.1. The van der Waals surface area contributed by atoms with Crippen LogP contribution in [0.1, 0.15) is 28.2 Å². The molecule has 1 aliphatic heterocycles. The van der Waals surface area contributed by atoms with Gasteiger partial charge in [0.1, 0.15) is 5.82 Å². The Morgan fingerprint density at radius 2 is 1.62 bits per heavy atom. The van der Waals surface area contributed by atoms with Crippen LogP contribution >= 0.6 is 34.7 Å². The highest BCUT2D eigenvalue weighted by Crippen LogP contribution is 2.22. The summed E-state index contributed by atoms with van der Waals surface area (Å²) in [6.07, 6.45) is 1.58. The molecule has 8 heteroatoms. The van der Waals surface area contributed by atoms with Crippen molar-refractivity contribution in [3.05, 3.63) is 75.5 Å². The van der Waals surface area contributed by atoms with E-state index in [9.17, 15) is 4.79 Å². The number of benzene rings is 2. The number of hydrogen-bond donors (Lipinski definition) is 0. The number of anilines is 1. The summed E-state index contributed by atoms with van der Waals surface area (Å²) in [6, 6.07) is 14.8. The van der Waals surface area contributed by atoms with E-state index < -0.39 is 0 Å². The minimum Gasteiger partial charge on any atom is -0.345 e. The lowest BCUT2D eigenvalue weighted by Gasteiger charge is -2.21. The van der Waals surface area contributed by atoms with E-state index in [-0.39, 0.29) is 5.91 Å². The Morgan fingerprint density at radius 3 is 2.34 bits per heavy atom. The van der Waals surface area contributed by atoms with Crippen molar-refractivity contribution in [3.8, 4) is 0 Å². The molecule has 2 aromatic carbocycles. The highest BCUT2D eigenvalue weighted by molar-refractivity contribution is 7.09. The van der Waals surface area contributed by atoms with Crippen LogP contribution in [0.2, 0.25) is 10.0 Å². The van der Waals surface area contributed by atoms with Crippen molar-refractivity contribution < 1.29 is 4.79 Å². The van der Waals surface area contributed by atoms with E-state index in [1.54, 1.807) is 24.3 Å². The monoisotopic (exact) mass is 446 g/mol. The Balaban J connectivity index is 1.38. The molecule has 2 heterocycles. The number of halogens is 2. The maximum Gasteiger partial charge on any atom is 0.253 e. The molecule has 1 amide bonds. The van der Waals surface area contributed by atoms with Crippen molar-refractivity contribution in [2.24, 2.45) is 0 Å². The molecule has 1 aromatic heterocycles. The molecule has 4 rings (SSSR count). The van der Waals surface area contributed by atoms with Gasteiger partial charge in [-0.3, -0.25) is 4.79 Å². The summed E-state index contributed by atoms with van der Waals surface area (Å²) in [6.45, 7) is 3.00. The SMILES string of the molecule is O=C(c1ccc(Cl)cc1)N1CCCN(c2nc(Cc3ccc(Cl)cc3)ns2)CC1. The molecular weight excluding hydrogens is 427 g/mol. The standard InChI is InChI=1S/C21H20Cl2N4OS/c22-17-6-2-15(3-7-17)14-19-24-21(29-25-19)27-11-1-10-26(12-13-27)20(28)16-4-8-18(23)9-5-16/h2-9H,1,10-14H2. The number of hydrogen-bond acceptors (Lipinski definition) is 5. The normalized spacial score (nSPS) is 14.7. The lowest BCUT2D eigenvalue weighted by Crippen LogP contribution is -2.35. The molecule has 1 fully saturated rings. The summed E-state index contributed by atoms with van der Waals surface area (Å²) < 4.78 is 4.51. The first kappa shape index (κ1) is 20.1. The van der Waals surface area contributed by atoms with Gasteiger partial charge in [-0.25, -0.2) is 4.98 Å². The van der Waals surface area contributed by atoms with Crippen LogP contribution in [0.3, 0.4) is 0 Å². The minimum absolute atomic E-state index is 0.0456. The van der Waals surface area contributed by atoms with Gasteiger partial charge in [0.15, 0.2) is 0 Å². The molecule has 5 nitrogen and oxygen atoms in total. The van der Waals surface area contributed by atoms with Crippen LogP contribution in [-0.4, -0.2) is 46.3 Å². The fourth-order valence-corrected chi connectivity index (χ4v) is 4.31. The fraction of sp³-hybridized carbons (Fsp3) is 0.286. The van der Waals surface area contributed by atoms with Gasteiger partial charge in [-0.15, -0.1) is 0 Å². The molecule has 29 heavy (non-hydrogen) atoms. The van der Waals surface area contributed by atoms with E-state index in [4.69, 9.17) is 28.2 Å². The van der Waals surface area contributed by atoms with Crippen LogP contribution in [-0.2, 0) is 6.42 Å². The number of carbonyl (C=O) groups excluding carboxylic acids is 1. The second-order valence-electron chi connectivity index (χ2n) is 6.94. The van der Waals surface area contributed by atoms with Gasteiger partial charge in [-0.1, -0.05) is 35.3 Å². The summed E-state index contributed by atoms with van der Waals surface area (Å²) in [5.74, 6) is 0.856. The Morgan fingerprint density at radius 1 is 0.931 bits per heavy atom. The summed E-state index contributed by atoms with van der Waals surface area (Å²) in [7, 11) is 0. The Labute approximate surface area is 184 Å². The Hall–Kier alpha value is -2.15. The lowest BCUT2D eigenvalue weighted by atomic mass is 10.1. The van der Waals surface area contributed by atoms with Gasteiger partial charge in [0.25, 0.3) is 5.91 Å². The van der Waals surface area contributed by atoms with Gasteiger partial charge in [-0.05, 0) is 48.4 Å². The van der Waals surface area contributed by atoms with Gasteiger partial charge >= 0.3 is 0 Å². The third-order valence-corrected chi connectivity index (χ3v) is 6.20. The van der Waals surface area contributed by atoms with E-state index in [2.05, 4.69) is 9.27 Å². The van der Waals surface area contributed by atoms with Crippen molar-refractivity contribution in [3.63, 3.8) is 0 Å². The maximum atomic E-state index is 12.8. The summed E-state index contributed by atoms with van der Waals surface area (Å²) in [5, 5.41) is 2.27. The van der Waals surface area contributed by atoms with E-state index >= 15 is 0 Å². The van der Waals surface area contributed by atoms with Crippen molar-refractivity contribution in [2.45, 2.75) is 12.8 Å². The molecule has 0 bridgehead atoms. The van der Waals surface area contributed by atoms with Crippen molar-refractivity contribution in [1.82, 2.24) is 14.3 Å². The molecule has 0 atom stereocenters. The average molecular weight is 447 g/mol. The van der Waals surface area contributed by atoms with Gasteiger partial charge in [0, 0.05) is 59.7 Å². The van der Waals surface area contributed by atoms with Crippen molar-refractivity contribution in [2.75, 3.05) is 31.1 Å². The van der Waals surface area contributed by atoms with E-state index in [1.807, 2.05) is 29.2 Å². The lowest BCUT2D eigenvalue weighted by molar-refractivity contribution is 0.0767. The molecule has 0 spiro atoms. The Kier molecular flexibility index (Phi) is 6.33. The number of amides is 1. The molecular formula is C21H20Cl2N4OS. The molecule has 1 saturated heterocycles. The predicted molar refractivity (Wildman–Crippen MR) is 118 cm³/mol. The minimum atomic E-state index is 0.0456. The van der Waals surface area contributed by atoms with Crippen LogP contribution in [0.5, 0.6) is 0 Å². The third kappa shape index (κ3) is 5.07. The quantitative estimate of drug-likeness (QED) is 0.577. The van der Waals surface area contributed by atoms with E-state index in [0.29, 0.717) is 23.6 Å². The summed E-state index contributed by atoms with van der Waals surface area (Å²) >= 11 is 13.3. The zero-order valence-corrected chi connectivity index (χ0v) is 18.1. The van der Waals surface area contributed by atoms with E-state index in [1.165, 1.54) is 11.5 Å². The van der Waals surface area contributed by atoms with E-state index in [0.717, 1.165) is 47.6 Å². The predicted octanol–water partition coefficient (Wildman–Crippen LogP) is 4.79. The Bertz CT molecular complexity index is 975. The fourth-order valence-electron chi connectivity index (χ4n) is 3.32. The summed E-state index contributed by atoms with van der Waals surface area (Å²) in [5.41, 5.74) is 1.80. The number of rotatable bonds is 4. The number of nitrogens with zero attached hydrogens (tertiary/aromatic N) is 4. The average Bonchev–Trinajstić information content (AvgIpc) is 3.04. The van der Waals surface area contributed by atoms with Gasteiger partial charge in [0.2, 0.25) is 5.13 Å². The smallest absolute Gasteiger partial charge is 0.253 e. The second-order valence-corrected chi connectivity index (χ2v) is 8.54. The van der Waals surface area contributed by atoms with Crippen LogP contribution < -0.4 is 4.90 Å². The number of carbonyl (C=O) groups is 1. The van der Waals surface area contributed by atoms with Crippen LogP contribution in [0.4, 0.5) is 5.13 Å². The molecule has 150 valence electrons. The van der Waals surface area contributed by atoms with Crippen LogP contribution in [0.25, 0.3) is 0 Å².